The van der Waals surface area contributed by atoms with E-state index in [-0.39, 0.29) is 5.75 Å². The van der Waals surface area contributed by atoms with Crippen LogP contribution >= 0.6 is 11.3 Å². The summed E-state index contributed by atoms with van der Waals surface area (Å²) >= 11 is 1.27. The average molecular weight is 225 g/mol. The molecule has 4 heteroatoms. The maximum Gasteiger partial charge on any atom is 0.191 e. The van der Waals surface area contributed by atoms with Gasteiger partial charge in [-0.05, 0) is 24.3 Å². The monoisotopic (exact) mass is 225 g/mol. The van der Waals surface area contributed by atoms with Crippen molar-refractivity contribution in [2.75, 3.05) is 7.11 Å². The molecule has 0 saturated heterocycles. The molecule has 0 aliphatic heterocycles. The summed E-state index contributed by atoms with van der Waals surface area (Å²) in [5.41, 5.74) is 0.333. The molecule has 1 aromatic heterocycles. The third-order valence-corrected chi connectivity index (χ3v) is 2.82. The normalized spacial score (nSPS) is 10.3. The third-order valence-electron chi connectivity index (χ3n) is 1.99. The van der Waals surface area contributed by atoms with E-state index in [1.807, 2.05) is 0 Å². The SMILES string of the molecule is COc1c(F)ccc(-c2cc[c]s2)c1F. The van der Waals surface area contributed by atoms with Crippen LogP contribution in [0.4, 0.5) is 8.78 Å². The number of halogens is 2. The Labute approximate surface area is 89.9 Å². The van der Waals surface area contributed by atoms with Crippen LogP contribution in [-0.2, 0) is 0 Å². The van der Waals surface area contributed by atoms with Gasteiger partial charge in [-0.2, -0.15) is 0 Å². The molecule has 0 fully saturated rings. The van der Waals surface area contributed by atoms with Crippen LogP contribution in [0.1, 0.15) is 0 Å². The van der Waals surface area contributed by atoms with Crippen LogP contribution in [-0.4, -0.2) is 7.11 Å². The standard InChI is InChI=1S/C11H7F2OS/c1-14-11-8(12)5-4-7(10(11)13)9-3-2-6-15-9/h2-5H,1H3. The Hall–Kier alpha value is -1.42. The van der Waals surface area contributed by atoms with Gasteiger partial charge in [0.2, 0.25) is 0 Å². The molecule has 1 nitrogen and oxygen atoms in total. The Kier molecular flexibility index (Phi) is 2.68. The summed E-state index contributed by atoms with van der Waals surface area (Å²) in [5, 5.41) is 2.85. The molecular weight excluding hydrogens is 218 g/mol. The maximum atomic E-state index is 13.7. The summed E-state index contributed by atoms with van der Waals surface area (Å²) in [6.07, 6.45) is 0. The highest BCUT2D eigenvalue weighted by Crippen LogP contribution is 2.33. The molecule has 0 aliphatic rings. The molecule has 0 atom stereocenters. The quantitative estimate of drug-likeness (QED) is 0.760. The van der Waals surface area contributed by atoms with Gasteiger partial charge in [0.1, 0.15) is 0 Å². The van der Waals surface area contributed by atoms with Gasteiger partial charge in [0.05, 0.1) is 7.11 Å². The molecule has 0 bridgehead atoms. The molecule has 2 rings (SSSR count). The molecule has 77 valence electrons. The summed E-state index contributed by atoms with van der Waals surface area (Å²) in [5.74, 6) is -1.71. The Morgan fingerprint density at radius 1 is 1.27 bits per heavy atom. The highest BCUT2D eigenvalue weighted by molar-refractivity contribution is 7.13. The fourth-order valence-electron chi connectivity index (χ4n) is 1.30. The van der Waals surface area contributed by atoms with Crippen molar-refractivity contribution in [1.29, 1.82) is 0 Å². The van der Waals surface area contributed by atoms with Crippen molar-refractivity contribution in [2.45, 2.75) is 0 Å². The van der Waals surface area contributed by atoms with Crippen LogP contribution < -0.4 is 4.74 Å². The first-order valence-electron chi connectivity index (χ1n) is 4.22. The average Bonchev–Trinajstić information content (AvgIpc) is 2.71. The molecule has 1 aromatic carbocycles. The predicted octanol–water partition coefficient (Wildman–Crippen LogP) is 3.50. The summed E-state index contributed by atoms with van der Waals surface area (Å²) in [6.45, 7) is 0. The van der Waals surface area contributed by atoms with Crippen molar-refractivity contribution in [3.8, 4) is 16.2 Å². The zero-order valence-electron chi connectivity index (χ0n) is 7.88. The first kappa shape index (κ1) is 10.1. The number of benzene rings is 1. The van der Waals surface area contributed by atoms with Gasteiger partial charge in [-0.15, -0.1) is 11.3 Å². The smallest absolute Gasteiger partial charge is 0.191 e. The van der Waals surface area contributed by atoms with Gasteiger partial charge in [0.15, 0.2) is 17.4 Å². The Morgan fingerprint density at radius 2 is 2.07 bits per heavy atom. The molecule has 0 saturated carbocycles. The summed E-state index contributed by atoms with van der Waals surface area (Å²) in [4.78, 5) is 0.700. The van der Waals surface area contributed by atoms with Crippen molar-refractivity contribution in [1.82, 2.24) is 0 Å². The lowest BCUT2D eigenvalue weighted by molar-refractivity contribution is 0.360. The van der Waals surface area contributed by atoms with Crippen LogP contribution in [0.5, 0.6) is 5.75 Å². The van der Waals surface area contributed by atoms with Gasteiger partial charge in [0, 0.05) is 15.8 Å². The second-order valence-corrected chi connectivity index (χ2v) is 3.74. The second-order valence-electron chi connectivity index (χ2n) is 2.86. The summed E-state index contributed by atoms with van der Waals surface area (Å²) in [6, 6.07) is 6.00. The van der Waals surface area contributed by atoms with Crippen LogP contribution in [0.3, 0.4) is 0 Å². The maximum absolute atomic E-state index is 13.7. The first-order valence-corrected chi connectivity index (χ1v) is 5.04. The van der Waals surface area contributed by atoms with Crippen LogP contribution in [0, 0.1) is 17.0 Å². The van der Waals surface area contributed by atoms with Crippen molar-refractivity contribution in [2.24, 2.45) is 0 Å². The lowest BCUT2D eigenvalue weighted by atomic mass is 10.1. The van der Waals surface area contributed by atoms with Crippen molar-refractivity contribution in [3.05, 3.63) is 41.3 Å². The largest absolute Gasteiger partial charge is 0.491 e. The highest BCUT2D eigenvalue weighted by Gasteiger charge is 2.15. The Bertz CT molecular complexity index is 466. The highest BCUT2D eigenvalue weighted by atomic mass is 32.1. The number of hydrogen-bond donors (Lipinski definition) is 0. The number of thiophene rings is 1. The molecule has 0 unspecified atom stereocenters. The third kappa shape index (κ3) is 1.72. The number of rotatable bonds is 2. The zero-order chi connectivity index (χ0) is 10.8. The Morgan fingerprint density at radius 3 is 2.67 bits per heavy atom. The minimum atomic E-state index is -0.695. The molecule has 0 aliphatic carbocycles. The Balaban J connectivity index is 2.60. The van der Waals surface area contributed by atoms with E-state index in [0.29, 0.717) is 10.4 Å². The van der Waals surface area contributed by atoms with E-state index < -0.39 is 11.6 Å². The minimum Gasteiger partial charge on any atom is -0.491 e. The van der Waals surface area contributed by atoms with Gasteiger partial charge >= 0.3 is 0 Å². The lowest BCUT2D eigenvalue weighted by Crippen LogP contribution is -1.94. The number of methoxy groups -OCH3 is 1. The van der Waals surface area contributed by atoms with E-state index in [2.05, 4.69) is 10.1 Å². The molecular formula is C11H7F2OS. The molecule has 0 spiro atoms. The zero-order valence-corrected chi connectivity index (χ0v) is 8.70. The van der Waals surface area contributed by atoms with Gasteiger partial charge in [-0.3, -0.25) is 0 Å². The first-order chi connectivity index (χ1) is 7.24. The summed E-state index contributed by atoms with van der Waals surface area (Å²) < 4.78 is 31.5. The lowest BCUT2D eigenvalue weighted by Gasteiger charge is -2.06. The van der Waals surface area contributed by atoms with Crippen LogP contribution in [0.25, 0.3) is 10.4 Å². The van der Waals surface area contributed by atoms with Crippen molar-refractivity contribution >= 4 is 11.3 Å². The molecule has 1 heterocycles. The van der Waals surface area contributed by atoms with E-state index in [1.54, 1.807) is 12.1 Å². The van der Waals surface area contributed by atoms with Crippen molar-refractivity contribution in [3.63, 3.8) is 0 Å². The molecule has 1 radical (unpaired) electrons. The van der Waals surface area contributed by atoms with E-state index >= 15 is 0 Å². The van der Waals surface area contributed by atoms with Gasteiger partial charge < -0.3 is 4.74 Å². The van der Waals surface area contributed by atoms with E-state index in [0.717, 1.165) is 0 Å². The molecule has 2 aromatic rings. The van der Waals surface area contributed by atoms with Gasteiger partial charge in [0.25, 0.3) is 0 Å². The van der Waals surface area contributed by atoms with E-state index in [4.69, 9.17) is 0 Å². The van der Waals surface area contributed by atoms with E-state index in [9.17, 15) is 8.78 Å². The molecule has 15 heavy (non-hydrogen) atoms. The van der Waals surface area contributed by atoms with Crippen LogP contribution in [0.2, 0.25) is 0 Å². The fraction of sp³-hybridized carbons (Fsp3) is 0.0909. The van der Waals surface area contributed by atoms with Gasteiger partial charge in [-0.25, -0.2) is 8.78 Å². The van der Waals surface area contributed by atoms with Crippen molar-refractivity contribution < 1.29 is 13.5 Å². The van der Waals surface area contributed by atoms with Gasteiger partial charge in [-0.1, -0.05) is 0 Å². The van der Waals surface area contributed by atoms with E-state index in [1.165, 1.54) is 30.6 Å². The predicted molar refractivity (Wildman–Crippen MR) is 55.1 cm³/mol. The number of ether oxygens (including phenoxy) is 1. The topological polar surface area (TPSA) is 9.23 Å². The fourth-order valence-corrected chi connectivity index (χ4v) is 1.96. The van der Waals surface area contributed by atoms with Crippen LogP contribution in [0.15, 0.2) is 24.3 Å². The molecule has 0 N–H and O–H groups in total. The molecule has 0 amide bonds. The summed E-state index contributed by atoms with van der Waals surface area (Å²) in [7, 11) is 1.24. The second kappa shape index (κ2) is 3.98. The number of hydrogen-bond acceptors (Lipinski definition) is 2. The minimum absolute atomic E-state index is 0.333.